The summed E-state index contributed by atoms with van der Waals surface area (Å²) in [5, 5.41) is 5.00. The Morgan fingerprint density at radius 3 is 2.27 bits per heavy atom. The number of nitrogens with one attached hydrogen (secondary N) is 2. The van der Waals surface area contributed by atoms with Gasteiger partial charge in [-0.3, -0.25) is 9.59 Å². The molecule has 5 nitrogen and oxygen atoms in total. The molecule has 122 valence electrons. The van der Waals surface area contributed by atoms with E-state index in [4.69, 9.17) is 4.74 Å². The lowest BCUT2D eigenvalue weighted by Gasteiger charge is -2.19. The minimum absolute atomic E-state index is 0.0183. The van der Waals surface area contributed by atoms with E-state index in [-0.39, 0.29) is 23.8 Å². The number of likely N-dealkylation sites (N-methyl/N-ethyl adjacent to an activating group) is 1. The van der Waals surface area contributed by atoms with Crippen molar-refractivity contribution in [1.29, 1.82) is 0 Å². The molecule has 0 bridgehead atoms. The maximum absolute atomic E-state index is 11.5. The highest BCUT2D eigenvalue weighted by Crippen LogP contribution is 2.24. The second kappa shape index (κ2) is 8.41. The van der Waals surface area contributed by atoms with Gasteiger partial charge in [0.15, 0.2) is 0 Å². The molecular formula is C17H26N2O3. The lowest BCUT2D eigenvalue weighted by atomic mass is 9.87. The van der Waals surface area contributed by atoms with Gasteiger partial charge >= 0.3 is 0 Å². The van der Waals surface area contributed by atoms with Gasteiger partial charge in [0, 0.05) is 13.5 Å². The molecule has 0 atom stereocenters. The number of amides is 2. The Bertz CT molecular complexity index is 490. The molecule has 2 N–H and O–H groups in total. The zero-order valence-corrected chi connectivity index (χ0v) is 13.9. The summed E-state index contributed by atoms with van der Waals surface area (Å²) in [6.45, 7) is 6.99. The van der Waals surface area contributed by atoms with Crippen LogP contribution >= 0.6 is 0 Å². The van der Waals surface area contributed by atoms with E-state index in [0.717, 1.165) is 5.75 Å². The van der Waals surface area contributed by atoms with Gasteiger partial charge in [0.2, 0.25) is 11.8 Å². The van der Waals surface area contributed by atoms with E-state index in [0.29, 0.717) is 19.4 Å². The third-order valence-corrected chi connectivity index (χ3v) is 3.26. The Morgan fingerprint density at radius 1 is 1.09 bits per heavy atom. The molecule has 0 fully saturated rings. The molecule has 0 saturated carbocycles. The lowest BCUT2D eigenvalue weighted by Crippen LogP contribution is -2.35. The minimum atomic E-state index is -0.205. The van der Waals surface area contributed by atoms with Crippen molar-refractivity contribution < 1.29 is 14.3 Å². The normalized spacial score (nSPS) is 10.9. The van der Waals surface area contributed by atoms with Crippen LogP contribution < -0.4 is 15.4 Å². The average molecular weight is 306 g/mol. The second-order valence-electron chi connectivity index (χ2n) is 6.18. The first-order chi connectivity index (χ1) is 10.3. The van der Waals surface area contributed by atoms with Gasteiger partial charge in [-0.1, -0.05) is 32.9 Å². The molecule has 0 aliphatic carbocycles. The zero-order valence-electron chi connectivity index (χ0n) is 13.9. The summed E-state index contributed by atoms with van der Waals surface area (Å²) in [7, 11) is 1.53. The smallest absolute Gasteiger partial charge is 0.239 e. The van der Waals surface area contributed by atoms with E-state index in [1.807, 2.05) is 12.1 Å². The standard InChI is InChI=1S/C17H26N2O3/c1-17(2,3)13-7-9-14(10-8-13)22-11-5-6-15(20)19-12-16(21)18-4/h7-10H,5-6,11-12H2,1-4H3,(H,18,21)(H,19,20). The summed E-state index contributed by atoms with van der Waals surface area (Å²) in [5.74, 6) is 0.456. The highest BCUT2D eigenvalue weighted by atomic mass is 16.5. The molecule has 0 aliphatic rings. The van der Waals surface area contributed by atoms with Crippen molar-refractivity contribution in [3.8, 4) is 5.75 Å². The topological polar surface area (TPSA) is 67.4 Å². The van der Waals surface area contributed by atoms with Gasteiger partial charge in [0.1, 0.15) is 5.75 Å². The Balaban J connectivity index is 2.24. The number of rotatable bonds is 7. The first-order valence-corrected chi connectivity index (χ1v) is 7.53. The van der Waals surface area contributed by atoms with Gasteiger partial charge in [0.05, 0.1) is 13.2 Å². The number of carbonyl (C=O) groups excluding carboxylic acids is 2. The fourth-order valence-electron chi connectivity index (χ4n) is 1.83. The van der Waals surface area contributed by atoms with Gasteiger partial charge in [-0.05, 0) is 29.5 Å². The maximum Gasteiger partial charge on any atom is 0.239 e. The van der Waals surface area contributed by atoms with Crippen molar-refractivity contribution in [2.75, 3.05) is 20.2 Å². The van der Waals surface area contributed by atoms with Crippen LogP contribution in [0.2, 0.25) is 0 Å². The zero-order chi connectivity index (χ0) is 16.6. The number of hydrogen-bond donors (Lipinski definition) is 2. The Kier molecular flexibility index (Phi) is 6.89. The van der Waals surface area contributed by atoms with Crippen molar-refractivity contribution in [2.24, 2.45) is 0 Å². The SMILES string of the molecule is CNC(=O)CNC(=O)CCCOc1ccc(C(C)(C)C)cc1. The predicted octanol–water partition coefficient (Wildman–Crippen LogP) is 2.01. The Hall–Kier alpha value is -2.04. The third kappa shape index (κ3) is 6.61. The molecule has 0 aromatic heterocycles. The number of ether oxygens (including phenoxy) is 1. The molecule has 5 heteroatoms. The largest absolute Gasteiger partial charge is 0.494 e. The van der Waals surface area contributed by atoms with Crippen molar-refractivity contribution in [3.05, 3.63) is 29.8 Å². The van der Waals surface area contributed by atoms with E-state index in [1.54, 1.807) is 0 Å². The van der Waals surface area contributed by atoms with Crippen molar-refractivity contribution in [1.82, 2.24) is 10.6 Å². The van der Waals surface area contributed by atoms with Gasteiger partial charge < -0.3 is 15.4 Å². The fraction of sp³-hybridized carbons (Fsp3) is 0.529. The number of benzene rings is 1. The van der Waals surface area contributed by atoms with Crippen LogP contribution in [0.5, 0.6) is 5.75 Å². The molecule has 1 aromatic carbocycles. The van der Waals surface area contributed by atoms with Crippen molar-refractivity contribution in [3.63, 3.8) is 0 Å². The molecular weight excluding hydrogens is 280 g/mol. The van der Waals surface area contributed by atoms with Gasteiger partial charge in [-0.25, -0.2) is 0 Å². The summed E-state index contributed by atoms with van der Waals surface area (Å²) >= 11 is 0. The quantitative estimate of drug-likeness (QED) is 0.757. The van der Waals surface area contributed by atoms with E-state index in [2.05, 4.69) is 43.5 Å². The average Bonchev–Trinajstić information content (AvgIpc) is 2.48. The molecule has 1 rings (SSSR count). The maximum atomic E-state index is 11.5. The monoisotopic (exact) mass is 306 g/mol. The molecule has 22 heavy (non-hydrogen) atoms. The van der Waals surface area contributed by atoms with Gasteiger partial charge in [-0.2, -0.15) is 0 Å². The fourth-order valence-corrected chi connectivity index (χ4v) is 1.83. The summed E-state index contributed by atoms with van der Waals surface area (Å²) < 4.78 is 5.61. The summed E-state index contributed by atoms with van der Waals surface area (Å²) in [6.07, 6.45) is 0.956. The van der Waals surface area contributed by atoms with Crippen LogP contribution in [-0.4, -0.2) is 32.0 Å². The summed E-state index contributed by atoms with van der Waals surface area (Å²) in [4.78, 5) is 22.5. The Labute approximate surface area is 132 Å². The van der Waals surface area contributed by atoms with E-state index in [9.17, 15) is 9.59 Å². The summed E-state index contributed by atoms with van der Waals surface area (Å²) in [6, 6.07) is 8.02. The summed E-state index contributed by atoms with van der Waals surface area (Å²) in [5.41, 5.74) is 1.38. The first-order valence-electron chi connectivity index (χ1n) is 7.53. The molecule has 0 aliphatic heterocycles. The minimum Gasteiger partial charge on any atom is -0.494 e. The van der Waals surface area contributed by atoms with Gasteiger partial charge in [-0.15, -0.1) is 0 Å². The number of hydrogen-bond acceptors (Lipinski definition) is 3. The van der Waals surface area contributed by atoms with Crippen molar-refractivity contribution in [2.45, 2.75) is 39.0 Å². The van der Waals surface area contributed by atoms with Crippen LogP contribution in [0.25, 0.3) is 0 Å². The first kappa shape index (κ1) is 18.0. The second-order valence-corrected chi connectivity index (χ2v) is 6.18. The van der Waals surface area contributed by atoms with Crippen LogP contribution in [0.3, 0.4) is 0 Å². The van der Waals surface area contributed by atoms with Crippen molar-refractivity contribution >= 4 is 11.8 Å². The van der Waals surface area contributed by atoms with Gasteiger partial charge in [0.25, 0.3) is 0 Å². The van der Waals surface area contributed by atoms with E-state index < -0.39 is 0 Å². The molecule has 0 unspecified atom stereocenters. The lowest BCUT2D eigenvalue weighted by molar-refractivity contribution is -0.126. The van der Waals surface area contributed by atoms with Crippen LogP contribution in [0.15, 0.2) is 24.3 Å². The Morgan fingerprint density at radius 2 is 1.73 bits per heavy atom. The molecule has 0 saturated heterocycles. The van der Waals surface area contributed by atoms with Crippen LogP contribution in [0, 0.1) is 0 Å². The molecule has 2 amide bonds. The number of carbonyl (C=O) groups is 2. The van der Waals surface area contributed by atoms with Crippen LogP contribution in [-0.2, 0) is 15.0 Å². The van der Waals surface area contributed by atoms with Crippen LogP contribution in [0.4, 0.5) is 0 Å². The van der Waals surface area contributed by atoms with E-state index in [1.165, 1.54) is 12.6 Å². The molecule has 0 radical (unpaired) electrons. The van der Waals surface area contributed by atoms with E-state index >= 15 is 0 Å². The predicted molar refractivity (Wildman–Crippen MR) is 86.9 cm³/mol. The molecule has 0 spiro atoms. The highest BCUT2D eigenvalue weighted by molar-refractivity contribution is 5.84. The molecule has 1 aromatic rings. The highest BCUT2D eigenvalue weighted by Gasteiger charge is 2.12. The van der Waals surface area contributed by atoms with Crippen LogP contribution in [0.1, 0.15) is 39.2 Å². The third-order valence-electron chi connectivity index (χ3n) is 3.26. The molecule has 0 heterocycles.